The smallest absolute Gasteiger partial charge is 0.328 e. The van der Waals surface area contributed by atoms with Gasteiger partial charge < -0.3 is 14.2 Å². The van der Waals surface area contributed by atoms with Crippen molar-refractivity contribution in [2.75, 3.05) is 20.3 Å². The zero-order valence-electron chi connectivity index (χ0n) is 12.9. The van der Waals surface area contributed by atoms with E-state index in [2.05, 4.69) is 0 Å². The first kappa shape index (κ1) is 18.6. The highest BCUT2D eigenvalue weighted by atomic mass is 16.6. The van der Waals surface area contributed by atoms with Crippen molar-refractivity contribution in [3.05, 3.63) is 0 Å². The Labute approximate surface area is 119 Å². The summed E-state index contributed by atoms with van der Waals surface area (Å²) in [7, 11) is 1.39. The molecule has 0 bridgehead atoms. The lowest BCUT2D eigenvalue weighted by molar-refractivity contribution is -0.170. The summed E-state index contributed by atoms with van der Waals surface area (Å²) in [6.07, 6.45) is 0.711. The third-order valence-electron chi connectivity index (χ3n) is 3.29. The Morgan fingerprint density at radius 1 is 0.900 bits per heavy atom. The molecule has 116 valence electrons. The number of carbonyl (C=O) groups excluding carboxylic acids is 3. The molecule has 0 rings (SSSR count). The number of Topliss-reactive ketones (excluding diaryl/α,β-unsaturated/α-hetero) is 1. The van der Waals surface area contributed by atoms with Gasteiger partial charge in [-0.25, -0.2) is 0 Å². The van der Waals surface area contributed by atoms with E-state index in [1.54, 1.807) is 27.7 Å². The highest BCUT2D eigenvalue weighted by Crippen LogP contribution is 2.26. The minimum absolute atomic E-state index is 0.0836. The molecule has 0 aliphatic carbocycles. The molecule has 0 aromatic heterocycles. The van der Waals surface area contributed by atoms with Gasteiger partial charge in [-0.1, -0.05) is 13.8 Å². The molecule has 6 heteroatoms. The van der Waals surface area contributed by atoms with E-state index in [0.29, 0.717) is 12.8 Å². The van der Waals surface area contributed by atoms with E-state index < -0.39 is 29.2 Å². The Hall–Kier alpha value is -1.43. The second-order valence-electron chi connectivity index (χ2n) is 4.21. The first-order valence-electron chi connectivity index (χ1n) is 6.86. The van der Waals surface area contributed by atoms with Crippen LogP contribution in [0.15, 0.2) is 0 Å². The maximum absolute atomic E-state index is 12.6. The number of carbonyl (C=O) groups is 3. The minimum Gasteiger partial charge on any atom is -0.465 e. The molecule has 0 unspecified atom stereocenters. The molecule has 0 N–H and O–H groups in total. The van der Waals surface area contributed by atoms with Crippen LogP contribution < -0.4 is 0 Å². The number of hydrogen-bond donors (Lipinski definition) is 0. The maximum atomic E-state index is 12.6. The molecule has 0 amide bonds. The van der Waals surface area contributed by atoms with Crippen molar-refractivity contribution in [2.45, 2.75) is 46.1 Å². The van der Waals surface area contributed by atoms with Crippen molar-refractivity contribution in [3.8, 4) is 0 Å². The van der Waals surface area contributed by atoms with E-state index in [1.807, 2.05) is 0 Å². The molecule has 0 saturated carbocycles. The normalized spacial score (nSPS) is 11.3. The molecule has 0 aromatic carbocycles. The molecular formula is C14H24O6. The summed E-state index contributed by atoms with van der Waals surface area (Å²) < 4.78 is 14.9. The summed E-state index contributed by atoms with van der Waals surface area (Å²) in [5, 5.41) is 0. The van der Waals surface area contributed by atoms with Crippen LogP contribution >= 0.6 is 0 Å². The lowest BCUT2D eigenvalue weighted by Gasteiger charge is -2.30. The van der Waals surface area contributed by atoms with Crippen LogP contribution in [0.3, 0.4) is 0 Å². The summed E-state index contributed by atoms with van der Waals surface area (Å²) in [5.41, 5.74) is -1.18. The highest BCUT2D eigenvalue weighted by molar-refractivity contribution is 6.17. The Morgan fingerprint density at radius 3 is 1.55 bits per heavy atom. The van der Waals surface area contributed by atoms with E-state index in [-0.39, 0.29) is 13.2 Å². The third-order valence-corrected chi connectivity index (χ3v) is 3.29. The fourth-order valence-electron chi connectivity index (χ4n) is 2.01. The molecule has 0 atom stereocenters. The number of methoxy groups -OCH3 is 1. The number of esters is 2. The van der Waals surface area contributed by atoms with Gasteiger partial charge in [-0.2, -0.15) is 0 Å². The number of ketones is 1. The minimum atomic E-state index is -1.59. The van der Waals surface area contributed by atoms with E-state index >= 15 is 0 Å². The summed E-state index contributed by atoms with van der Waals surface area (Å²) in [6.45, 7) is 6.90. The molecule has 0 heterocycles. The highest BCUT2D eigenvalue weighted by Gasteiger charge is 2.47. The topological polar surface area (TPSA) is 78.9 Å². The van der Waals surface area contributed by atoms with Crippen LogP contribution in [0.5, 0.6) is 0 Å². The van der Waals surface area contributed by atoms with Crippen LogP contribution in [0.4, 0.5) is 0 Å². The fraction of sp³-hybridized carbons (Fsp3) is 0.786. The van der Waals surface area contributed by atoms with Crippen LogP contribution in [0.2, 0.25) is 0 Å². The van der Waals surface area contributed by atoms with Gasteiger partial charge in [-0.15, -0.1) is 0 Å². The Bertz CT molecular complexity index is 319. The molecule has 6 nitrogen and oxygen atoms in total. The molecular weight excluding hydrogens is 264 g/mol. The van der Waals surface area contributed by atoms with E-state index in [1.165, 1.54) is 7.11 Å². The lowest BCUT2D eigenvalue weighted by atomic mass is 9.84. The predicted molar refractivity (Wildman–Crippen MR) is 72.1 cm³/mol. The van der Waals surface area contributed by atoms with Gasteiger partial charge in [0.25, 0.3) is 0 Å². The van der Waals surface area contributed by atoms with Crippen LogP contribution in [-0.2, 0) is 28.6 Å². The molecule has 0 fully saturated rings. The van der Waals surface area contributed by atoms with Gasteiger partial charge in [-0.05, 0) is 26.7 Å². The number of hydrogen-bond acceptors (Lipinski definition) is 6. The van der Waals surface area contributed by atoms with Gasteiger partial charge in [0, 0.05) is 7.11 Å². The van der Waals surface area contributed by atoms with Crippen LogP contribution in [0.25, 0.3) is 0 Å². The van der Waals surface area contributed by atoms with Crippen molar-refractivity contribution < 1.29 is 28.6 Å². The van der Waals surface area contributed by atoms with Gasteiger partial charge >= 0.3 is 11.9 Å². The first-order valence-corrected chi connectivity index (χ1v) is 6.86. The monoisotopic (exact) mass is 288 g/mol. The predicted octanol–water partition coefficient (Wildman–Crippen LogP) is 1.50. The first-order chi connectivity index (χ1) is 9.43. The van der Waals surface area contributed by atoms with Crippen LogP contribution in [0, 0.1) is 5.92 Å². The molecule has 0 aliphatic heterocycles. The van der Waals surface area contributed by atoms with Gasteiger partial charge in [0.15, 0.2) is 5.78 Å². The van der Waals surface area contributed by atoms with E-state index in [4.69, 9.17) is 14.2 Å². The zero-order chi connectivity index (χ0) is 15.8. The molecule has 0 saturated heterocycles. The molecule has 0 spiro atoms. The summed E-state index contributed by atoms with van der Waals surface area (Å²) in [5.74, 6) is -3.98. The Morgan fingerprint density at radius 2 is 1.30 bits per heavy atom. The summed E-state index contributed by atoms with van der Waals surface area (Å²) in [4.78, 5) is 36.4. The number of ether oxygens (including phenoxy) is 3. The van der Waals surface area contributed by atoms with Gasteiger partial charge in [0.2, 0.25) is 5.92 Å². The van der Waals surface area contributed by atoms with Crippen LogP contribution in [0.1, 0.15) is 40.5 Å². The molecule has 0 aliphatic rings. The quantitative estimate of drug-likeness (QED) is 0.472. The lowest BCUT2D eigenvalue weighted by Crippen LogP contribution is -2.49. The SMILES string of the molecule is CCOC(=O)C(C(=O)OCC)C(=O)C(CC)(CC)OC. The van der Waals surface area contributed by atoms with E-state index in [0.717, 1.165) is 0 Å². The number of rotatable bonds is 9. The van der Waals surface area contributed by atoms with E-state index in [9.17, 15) is 14.4 Å². The largest absolute Gasteiger partial charge is 0.465 e. The average molecular weight is 288 g/mol. The standard InChI is InChI=1S/C14H24O6/c1-6-14(7-2,18-5)11(15)10(12(16)19-8-3)13(17)20-9-4/h10H,6-9H2,1-5H3. The fourth-order valence-corrected chi connectivity index (χ4v) is 2.01. The van der Waals surface area contributed by atoms with Crippen molar-refractivity contribution in [3.63, 3.8) is 0 Å². The van der Waals surface area contributed by atoms with Gasteiger partial charge in [-0.3, -0.25) is 14.4 Å². The molecule has 20 heavy (non-hydrogen) atoms. The second kappa shape index (κ2) is 8.68. The van der Waals surface area contributed by atoms with Gasteiger partial charge in [0.1, 0.15) is 5.60 Å². The van der Waals surface area contributed by atoms with Crippen molar-refractivity contribution in [2.24, 2.45) is 5.92 Å². The molecule has 0 aromatic rings. The van der Waals surface area contributed by atoms with Crippen molar-refractivity contribution in [1.82, 2.24) is 0 Å². The van der Waals surface area contributed by atoms with Crippen molar-refractivity contribution >= 4 is 17.7 Å². The second-order valence-corrected chi connectivity index (χ2v) is 4.21. The third kappa shape index (κ3) is 4.03. The Kier molecular flexibility index (Phi) is 8.06. The maximum Gasteiger partial charge on any atom is 0.328 e. The van der Waals surface area contributed by atoms with Crippen molar-refractivity contribution in [1.29, 1.82) is 0 Å². The summed E-state index contributed by atoms with van der Waals surface area (Å²) in [6, 6.07) is 0. The van der Waals surface area contributed by atoms with Gasteiger partial charge in [0.05, 0.1) is 13.2 Å². The summed E-state index contributed by atoms with van der Waals surface area (Å²) >= 11 is 0. The zero-order valence-corrected chi connectivity index (χ0v) is 12.9. The Balaban J connectivity index is 5.45. The molecule has 0 radical (unpaired) electrons. The average Bonchev–Trinajstić information content (AvgIpc) is 2.42. The van der Waals surface area contributed by atoms with Crippen LogP contribution in [-0.4, -0.2) is 43.6 Å².